The van der Waals surface area contributed by atoms with Crippen LogP contribution in [0.2, 0.25) is 0 Å². The first-order valence-electron chi connectivity index (χ1n) is 4.46. The highest BCUT2D eigenvalue weighted by Gasteiger charge is 2.12. The van der Waals surface area contributed by atoms with Crippen molar-refractivity contribution >= 4 is 27.4 Å². The Bertz CT molecular complexity index is 506. The smallest absolute Gasteiger partial charge is 0.354 e. The Labute approximate surface area is 90.1 Å². The molecule has 0 aliphatic carbocycles. The first kappa shape index (κ1) is 9.92. The topological polar surface area (TPSA) is 59.4 Å². The van der Waals surface area contributed by atoms with Crippen LogP contribution < -0.4 is 4.74 Å². The van der Waals surface area contributed by atoms with E-state index in [4.69, 9.17) is 9.84 Å². The summed E-state index contributed by atoms with van der Waals surface area (Å²) in [5.41, 5.74) is 0.0217. The molecule has 0 unspecified atom stereocenters. The number of carboxylic acid groups (broad SMARTS) is 1. The standard InChI is InChI=1S/C10H9NO3S/c1-2-14-9-6-3-4-15-8(6)5-7(11-9)10(12)13/h3-5H,2H2,1H3,(H,12,13). The molecule has 2 heterocycles. The maximum Gasteiger partial charge on any atom is 0.354 e. The summed E-state index contributed by atoms with van der Waals surface area (Å²) in [6, 6.07) is 3.44. The highest BCUT2D eigenvalue weighted by atomic mass is 32.1. The van der Waals surface area contributed by atoms with Crippen molar-refractivity contribution in [3.8, 4) is 5.88 Å². The van der Waals surface area contributed by atoms with Gasteiger partial charge >= 0.3 is 5.97 Å². The number of thiophene rings is 1. The predicted molar refractivity (Wildman–Crippen MR) is 57.7 cm³/mol. The lowest BCUT2D eigenvalue weighted by Crippen LogP contribution is -2.03. The molecule has 5 heteroatoms. The zero-order chi connectivity index (χ0) is 10.8. The molecule has 0 aliphatic heterocycles. The zero-order valence-electron chi connectivity index (χ0n) is 8.06. The molecule has 0 atom stereocenters. The molecule has 0 bridgehead atoms. The van der Waals surface area contributed by atoms with Crippen molar-refractivity contribution in [2.24, 2.45) is 0 Å². The van der Waals surface area contributed by atoms with Gasteiger partial charge in [-0.15, -0.1) is 11.3 Å². The van der Waals surface area contributed by atoms with Gasteiger partial charge in [0.2, 0.25) is 5.88 Å². The van der Waals surface area contributed by atoms with Crippen molar-refractivity contribution in [1.29, 1.82) is 0 Å². The van der Waals surface area contributed by atoms with Gasteiger partial charge in [0, 0.05) is 4.70 Å². The predicted octanol–water partition coefficient (Wildman–Crippen LogP) is 2.39. The van der Waals surface area contributed by atoms with Gasteiger partial charge in [0.15, 0.2) is 5.69 Å². The van der Waals surface area contributed by atoms with Crippen LogP contribution in [0.3, 0.4) is 0 Å². The Kier molecular flexibility index (Phi) is 2.55. The molecular formula is C10H9NO3S. The summed E-state index contributed by atoms with van der Waals surface area (Å²) in [6.07, 6.45) is 0. The van der Waals surface area contributed by atoms with Crippen molar-refractivity contribution in [2.75, 3.05) is 6.61 Å². The number of rotatable bonds is 3. The Morgan fingerprint density at radius 3 is 3.13 bits per heavy atom. The number of aromatic nitrogens is 1. The summed E-state index contributed by atoms with van der Waals surface area (Å²) >= 11 is 1.48. The fraction of sp³-hybridized carbons (Fsp3) is 0.200. The van der Waals surface area contributed by atoms with Gasteiger partial charge in [0.25, 0.3) is 0 Å². The Morgan fingerprint density at radius 1 is 1.67 bits per heavy atom. The zero-order valence-corrected chi connectivity index (χ0v) is 8.87. The van der Waals surface area contributed by atoms with Crippen molar-refractivity contribution in [1.82, 2.24) is 4.98 Å². The second-order valence-electron chi connectivity index (χ2n) is 2.88. The van der Waals surface area contributed by atoms with E-state index in [-0.39, 0.29) is 5.69 Å². The Morgan fingerprint density at radius 2 is 2.47 bits per heavy atom. The van der Waals surface area contributed by atoms with Gasteiger partial charge in [0.1, 0.15) is 0 Å². The van der Waals surface area contributed by atoms with E-state index in [2.05, 4.69) is 4.98 Å². The molecule has 0 spiro atoms. The minimum absolute atomic E-state index is 0.0217. The molecule has 0 saturated heterocycles. The van der Waals surface area contributed by atoms with Crippen molar-refractivity contribution < 1.29 is 14.6 Å². The van der Waals surface area contributed by atoms with Gasteiger partial charge in [-0.3, -0.25) is 0 Å². The number of fused-ring (bicyclic) bond motifs is 1. The van der Waals surface area contributed by atoms with E-state index in [1.54, 1.807) is 6.07 Å². The summed E-state index contributed by atoms with van der Waals surface area (Å²) in [6.45, 7) is 2.31. The van der Waals surface area contributed by atoms with Crippen LogP contribution in [0.15, 0.2) is 17.5 Å². The molecule has 0 saturated carbocycles. The summed E-state index contributed by atoms with van der Waals surface area (Å²) in [4.78, 5) is 14.8. The molecule has 2 aromatic heterocycles. The van der Waals surface area contributed by atoms with Crippen LogP contribution in [0, 0.1) is 0 Å². The van der Waals surface area contributed by atoms with Gasteiger partial charge in [-0.1, -0.05) is 0 Å². The molecule has 2 aromatic rings. The molecule has 0 amide bonds. The van der Waals surface area contributed by atoms with Gasteiger partial charge in [-0.2, -0.15) is 0 Å². The highest BCUT2D eigenvalue weighted by Crippen LogP contribution is 2.28. The van der Waals surface area contributed by atoms with Crippen LogP contribution in [-0.2, 0) is 0 Å². The van der Waals surface area contributed by atoms with Crippen molar-refractivity contribution in [3.63, 3.8) is 0 Å². The minimum atomic E-state index is -1.04. The number of nitrogens with zero attached hydrogens (tertiary/aromatic N) is 1. The van der Waals surface area contributed by atoms with Crippen molar-refractivity contribution in [2.45, 2.75) is 6.92 Å². The number of carboxylic acids is 1. The van der Waals surface area contributed by atoms with Crippen LogP contribution >= 0.6 is 11.3 Å². The summed E-state index contributed by atoms with van der Waals surface area (Å²) in [7, 11) is 0. The van der Waals surface area contributed by atoms with Gasteiger partial charge in [-0.25, -0.2) is 9.78 Å². The van der Waals surface area contributed by atoms with E-state index in [0.717, 1.165) is 10.1 Å². The number of ether oxygens (including phenoxy) is 1. The third-order valence-electron chi connectivity index (χ3n) is 1.92. The molecule has 4 nitrogen and oxygen atoms in total. The molecule has 2 rings (SSSR count). The second kappa shape index (κ2) is 3.86. The molecule has 15 heavy (non-hydrogen) atoms. The van der Waals surface area contributed by atoms with E-state index in [0.29, 0.717) is 12.5 Å². The SMILES string of the molecule is CCOc1nc(C(=O)O)cc2sccc12. The van der Waals surface area contributed by atoms with Crippen molar-refractivity contribution in [3.05, 3.63) is 23.2 Å². The molecular weight excluding hydrogens is 214 g/mol. The lowest BCUT2D eigenvalue weighted by Gasteiger charge is -2.04. The Balaban J connectivity index is 2.63. The fourth-order valence-electron chi connectivity index (χ4n) is 1.29. The van der Waals surface area contributed by atoms with Crippen LogP contribution in [0.25, 0.3) is 10.1 Å². The van der Waals surface area contributed by atoms with E-state index in [9.17, 15) is 4.79 Å². The minimum Gasteiger partial charge on any atom is -0.477 e. The second-order valence-corrected chi connectivity index (χ2v) is 3.83. The largest absolute Gasteiger partial charge is 0.477 e. The number of aromatic carboxylic acids is 1. The highest BCUT2D eigenvalue weighted by molar-refractivity contribution is 7.17. The molecule has 0 aromatic carbocycles. The monoisotopic (exact) mass is 223 g/mol. The fourth-order valence-corrected chi connectivity index (χ4v) is 2.10. The number of hydrogen-bond donors (Lipinski definition) is 1. The van der Waals surface area contributed by atoms with E-state index >= 15 is 0 Å². The summed E-state index contributed by atoms with van der Waals surface area (Å²) in [5.74, 6) is -0.639. The lowest BCUT2D eigenvalue weighted by atomic mass is 10.3. The van der Waals surface area contributed by atoms with E-state index in [1.165, 1.54) is 11.3 Å². The van der Waals surface area contributed by atoms with Crippen LogP contribution in [0.5, 0.6) is 5.88 Å². The lowest BCUT2D eigenvalue weighted by molar-refractivity contribution is 0.0689. The number of hydrogen-bond acceptors (Lipinski definition) is 4. The molecule has 0 radical (unpaired) electrons. The maximum atomic E-state index is 10.8. The molecule has 0 fully saturated rings. The average Bonchev–Trinajstić information content (AvgIpc) is 2.65. The van der Waals surface area contributed by atoms with E-state index in [1.807, 2.05) is 18.4 Å². The normalized spacial score (nSPS) is 10.5. The van der Waals surface area contributed by atoms with Gasteiger partial charge in [-0.05, 0) is 24.4 Å². The maximum absolute atomic E-state index is 10.8. The average molecular weight is 223 g/mol. The van der Waals surface area contributed by atoms with Crippen LogP contribution in [0.1, 0.15) is 17.4 Å². The molecule has 0 aliphatic rings. The number of carbonyl (C=O) groups is 1. The molecule has 1 N–H and O–H groups in total. The quantitative estimate of drug-likeness (QED) is 0.867. The molecule has 78 valence electrons. The number of pyridine rings is 1. The third kappa shape index (κ3) is 1.78. The third-order valence-corrected chi connectivity index (χ3v) is 2.78. The first-order chi connectivity index (χ1) is 7.22. The summed E-state index contributed by atoms with van der Waals surface area (Å²) < 4.78 is 6.18. The van der Waals surface area contributed by atoms with E-state index < -0.39 is 5.97 Å². The van der Waals surface area contributed by atoms with Gasteiger partial charge in [0.05, 0.1) is 12.0 Å². The van der Waals surface area contributed by atoms with Gasteiger partial charge < -0.3 is 9.84 Å². The summed E-state index contributed by atoms with van der Waals surface area (Å²) in [5, 5.41) is 11.6. The Hall–Kier alpha value is -1.62. The van der Waals surface area contributed by atoms with Crippen LogP contribution in [-0.4, -0.2) is 22.7 Å². The first-order valence-corrected chi connectivity index (χ1v) is 5.34. The van der Waals surface area contributed by atoms with Crippen LogP contribution in [0.4, 0.5) is 0 Å².